The Hall–Kier alpha value is -1.42. The van der Waals surface area contributed by atoms with E-state index < -0.39 is 8.32 Å². The lowest BCUT2D eigenvalue weighted by atomic mass is 10.2. The van der Waals surface area contributed by atoms with E-state index in [1.54, 1.807) is 7.11 Å². The summed E-state index contributed by atoms with van der Waals surface area (Å²) in [6.45, 7) is 13.0. The molecule has 0 saturated carbocycles. The first kappa shape index (κ1) is 23.2. The van der Waals surface area contributed by atoms with Crippen molar-refractivity contribution in [1.82, 2.24) is 9.61 Å². The summed E-state index contributed by atoms with van der Waals surface area (Å²) < 4.78 is 20.6. The van der Waals surface area contributed by atoms with Crippen LogP contribution in [0.2, 0.25) is 18.1 Å². The molecular formula is C23H31IN2O3Si. The van der Waals surface area contributed by atoms with E-state index in [2.05, 4.69) is 74.7 Å². The van der Waals surface area contributed by atoms with Crippen LogP contribution >= 0.6 is 22.6 Å². The van der Waals surface area contributed by atoms with Gasteiger partial charge < -0.3 is 13.9 Å². The predicted octanol–water partition coefficient (Wildman–Crippen LogP) is 6.19. The van der Waals surface area contributed by atoms with E-state index in [0.717, 1.165) is 31.8 Å². The van der Waals surface area contributed by atoms with Gasteiger partial charge in [-0.05, 0) is 70.6 Å². The van der Waals surface area contributed by atoms with Crippen LogP contribution in [0, 0.1) is 3.70 Å². The van der Waals surface area contributed by atoms with E-state index in [1.165, 1.54) is 0 Å². The van der Waals surface area contributed by atoms with Gasteiger partial charge in [0.05, 0.1) is 38.1 Å². The zero-order valence-electron chi connectivity index (χ0n) is 18.7. The van der Waals surface area contributed by atoms with Crippen LogP contribution in [-0.2, 0) is 29.0 Å². The maximum atomic E-state index is 6.45. The molecule has 0 unspecified atom stereocenters. The number of pyridine rings is 1. The van der Waals surface area contributed by atoms with Gasteiger partial charge in [-0.15, -0.1) is 0 Å². The van der Waals surface area contributed by atoms with Crippen LogP contribution in [0.5, 0.6) is 5.75 Å². The van der Waals surface area contributed by atoms with Crippen LogP contribution in [0.15, 0.2) is 42.5 Å². The summed E-state index contributed by atoms with van der Waals surface area (Å²) in [5, 5.41) is 4.93. The highest BCUT2D eigenvalue weighted by Gasteiger charge is 2.37. The summed E-state index contributed by atoms with van der Waals surface area (Å²) >= 11 is 2.31. The minimum absolute atomic E-state index is 0.188. The first-order valence-corrected chi connectivity index (χ1v) is 14.1. The third kappa shape index (κ3) is 5.43. The number of aromatic nitrogens is 2. The Morgan fingerprint density at radius 3 is 2.33 bits per heavy atom. The van der Waals surface area contributed by atoms with Gasteiger partial charge in [-0.3, -0.25) is 0 Å². The molecule has 1 aromatic carbocycles. The molecule has 3 rings (SSSR count). The number of hydrogen-bond donors (Lipinski definition) is 0. The highest BCUT2D eigenvalue weighted by Crippen LogP contribution is 2.37. The van der Waals surface area contributed by atoms with Crippen LogP contribution in [0.25, 0.3) is 5.52 Å². The number of methoxy groups -OCH3 is 1. The van der Waals surface area contributed by atoms with E-state index in [4.69, 9.17) is 19.0 Å². The second-order valence-electron chi connectivity index (χ2n) is 9.00. The highest BCUT2D eigenvalue weighted by molar-refractivity contribution is 14.1. The fourth-order valence-electron chi connectivity index (χ4n) is 2.81. The average molecular weight is 539 g/mol. The van der Waals surface area contributed by atoms with Crippen LogP contribution in [-0.4, -0.2) is 25.0 Å². The van der Waals surface area contributed by atoms with Crippen molar-refractivity contribution >= 4 is 36.4 Å². The quantitative estimate of drug-likeness (QED) is 0.195. The van der Waals surface area contributed by atoms with E-state index in [0.29, 0.717) is 19.8 Å². The van der Waals surface area contributed by atoms with Crippen molar-refractivity contribution in [2.45, 2.75) is 58.7 Å². The molecule has 0 N–H and O–H groups in total. The number of ether oxygens (including phenoxy) is 2. The molecule has 3 aromatic rings. The number of hydrogen-bond acceptors (Lipinski definition) is 4. The molecule has 30 heavy (non-hydrogen) atoms. The highest BCUT2D eigenvalue weighted by atomic mass is 127. The first-order chi connectivity index (χ1) is 14.1. The zero-order valence-corrected chi connectivity index (χ0v) is 21.8. The lowest BCUT2D eigenvalue weighted by Crippen LogP contribution is -2.40. The van der Waals surface area contributed by atoms with E-state index in [9.17, 15) is 0 Å². The lowest BCUT2D eigenvalue weighted by molar-refractivity contribution is 0.104. The summed E-state index contributed by atoms with van der Waals surface area (Å²) in [6, 6.07) is 14.3. The summed E-state index contributed by atoms with van der Waals surface area (Å²) in [7, 11) is -0.144. The maximum absolute atomic E-state index is 6.45. The standard InChI is InChI=1S/C23H31IN2O3Si/c1-23(2,3)30(5,6)29-15-18-9-12-22(24)26-21(18)13-19(25-26)16-28-14-17-7-10-20(27-4)11-8-17/h7-13H,14-16H2,1-6H3. The molecule has 0 fully saturated rings. The summed E-state index contributed by atoms with van der Waals surface area (Å²) in [5.41, 5.74) is 4.27. The van der Waals surface area contributed by atoms with Crippen molar-refractivity contribution < 1.29 is 13.9 Å². The molecule has 0 aliphatic carbocycles. The molecule has 0 aliphatic rings. The van der Waals surface area contributed by atoms with E-state index >= 15 is 0 Å². The number of nitrogens with zero attached hydrogens (tertiary/aromatic N) is 2. The van der Waals surface area contributed by atoms with E-state index in [-0.39, 0.29) is 5.04 Å². The molecule has 0 radical (unpaired) electrons. The van der Waals surface area contributed by atoms with Crippen LogP contribution in [0.4, 0.5) is 0 Å². The molecule has 2 heterocycles. The van der Waals surface area contributed by atoms with Gasteiger partial charge in [-0.2, -0.15) is 5.10 Å². The summed E-state index contributed by atoms with van der Waals surface area (Å²) in [4.78, 5) is 0. The van der Waals surface area contributed by atoms with Gasteiger partial charge in [0.2, 0.25) is 0 Å². The fourth-order valence-corrected chi connectivity index (χ4v) is 4.31. The molecule has 162 valence electrons. The van der Waals surface area contributed by atoms with Crippen molar-refractivity contribution in [1.29, 1.82) is 0 Å². The lowest BCUT2D eigenvalue weighted by Gasteiger charge is -2.36. The van der Waals surface area contributed by atoms with Crippen molar-refractivity contribution in [3.63, 3.8) is 0 Å². The van der Waals surface area contributed by atoms with Crippen LogP contribution in [0.3, 0.4) is 0 Å². The molecular weight excluding hydrogens is 507 g/mol. The van der Waals surface area contributed by atoms with Crippen molar-refractivity contribution in [2.24, 2.45) is 0 Å². The third-order valence-electron chi connectivity index (χ3n) is 5.79. The zero-order chi connectivity index (χ0) is 21.9. The SMILES string of the molecule is COc1ccc(COCc2cc3c(CO[Si](C)(C)C(C)(C)C)ccc(I)n3n2)cc1. The Kier molecular flexibility index (Phi) is 7.27. The van der Waals surface area contributed by atoms with Gasteiger partial charge in [0.25, 0.3) is 0 Å². The minimum atomic E-state index is -1.81. The second-order valence-corrected chi connectivity index (χ2v) is 14.9. The second kappa shape index (κ2) is 9.38. The summed E-state index contributed by atoms with van der Waals surface area (Å²) in [5.74, 6) is 0.848. The van der Waals surface area contributed by atoms with Gasteiger partial charge >= 0.3 is 0 Å². The number of rotatable bonds is 8. The number of halogens is 1. The van der Waals surface area contributed by atoms with Gasteiger partial charge in [0.15, 0.2) is 8.32 Å². The molecule has 0 bridgehead atoms. The molecule has 5 nitrogen and oxygen atoms in total. The van der Waals surface area contributed by atoms with Crippen LogP contribution in [0.1, 0.15) is 37.6 Å². The number of fused-ring (bicyclic) bond motifs is 1. The molecule has 0 atom stereocenters. The predicted molar refractivity (Wildman–Crippen MR) is 131 cm³/mol. The van der Waals surface area contributed by atoms with Gasteiger partial charge in [-0.1, -0.05) is 39.0 Å². The smallest absolute Gasteiger partial charge is 0.192 e. The fraction of sp³-hybridized carbons (Fsp3) is 0.435. The van der Waals surface area contributed by atoms with Crippen molar-refractivity contribution in [2.75, 3.05) is 7.11 Å². The largest absolute Gasteiger partial charge is 0.497 e. The maximum Gasteiger partial charge on any atom is 0.192 e. The molecule has 0 saturated heterocycles. The Morgan fingerprint density at radius 2 is 1.70 bits per heavy atom. The molecule has 0 amide bonds. The normalized spacial score (nSPS) is 12.5. The minimum Gasteiger partial charge on any atom is -0.497 e. The Balaban J connectivity index is 1.70. The molecule has 7 heteroatoms. The molecule has 0 spiro atoms. The third-order valence-corrected chi connectivity index (χ3v) is 11.1. The summed E-state index contributed by atoms with van der Waals surface area (Å²) in [6.07, 6.45) is 0. The van der Waals surface area contributed by atoms with Gasteiger partial charge in [0.1, 0.15) is 9.45 Å². The Bertz CT molecular complexity index is 994. The monoisotopic (exact) mass is 538 g/mol. The van der Waals surface area contributed by atoms with Crippen molar-refractivity contribution in [3.8, 4) is 5.75 Å². The Labute approximate surface area is 194 Å². The molecule has 0 aliphatic heterocycles. The van der Waals surface area contributed by atoms with Crippen molar-refractivity contribution in [3.05, 3.63) is 63.0 Å². The topological polar surface area (TPSA) is 45.0 Å². The average Bonchev–Trinajstić information content (AvgIpc) is 3.12. The number of benzene rings is 1. The first-order valence-electron chi connectivity index (χ1n) is 10.1. The van der Waals surface area contributed by atoms with Gasteiger partial charge in [0, 0.05) is 5.56 Å². The Morgan fingerprint density at radius 1 is 1.00 bits per heavy atom. The van der Waals surface area contributed by atoms with Gasteiger partial charge in [-0.25, -0.2) is 4.52 Å². The van der Waals surface area contributed by atoms with E-state index in [1.807, 2.05) is 28.8 Å². The molecule has 2 aromatic heterocycles. The van der Waals surface area contributed by atoms with Crippen LogP contribution < -0.4 is 4.74 Å².